The molecule has 0 unspecified atom stereocenters. The van der Waals surface area contributed by atoms with Gasteiger partial charge in [0, 0.05) is 17.8 Å². The van der Waals surface area contributed by atoms with Crippen LogP contribution >= 0.6 is 0 Å². The molecule has 1 aromatic carbocycles. The lowest BCUT2D eigenvalue weighted by Crippen LogP contribution is -2.24. The Morgan fingerprint density at radius 3 is 2.52 bits per heavy atom. The zero-order valence-corrected chi connectivity index (χ0v) is 14.1. The number of hydrogen-bond acceptors (Lipinski definition) is 2. The minimum Gasteiger partial charge on any atom is -0.352 e. The summed E-state index contributed by atoms with van der Waals surface area (Å²) in [7, 11) is 0. The van der Waals surface area contributed by atoms with Crippen LogP contribution in [0.15, 0.2) is 18.2 Å². The lowest BCUT2D eigenvalue weighted by atomic mass is 10.1. The molecule has 0 atom stereocenters. The van der Waals surface area contributed by atoms with E-state index in [0.29, 0.717) is 12.0 Å². The van der Waals surface area contributed by atoms with Gasteiger partial charge in [-0.15, -0.1) is 0 Å². The lowest BCUT2D eigenvalue weighted by Gasteiger charge is -2.07. The standard InChI is InChI=1S/C19H28N2O2/c1-2-3-4-5-6-7-8-9-12-20-19(23)15-10-11-17-16(13-15)14-18(22)21-17/h10-11,13H,2-9,12,14H2,1H3,(H,20,23)(H,21,22). The number of hydrogen-bond donors (Lipinski definition) is 2. The first kappa shape index (κ1) is 17.5. The lowest BCUT2D eigenvalue weighted by molar-refractivity contribution is -0.115. The average molecular weight is 316 g/mol. The highest BCUT2D eigenvalue weighted by Crippen LogP contribution is 2.23. The zero-order chi connectivity index (χ0) is 16.5. The van der Waals surface area contributed by atoms with Crippen LogP contribution < -0.4 is 10.6 Å². The molecule has 4 nitrogen and oxygen atoms in total. The minimum absolute atomic E-state index is 0.00325. The van der Waals surface area contributed by atoms with Crippen molar-refractivity contribution in [1.82, 2.24) is 5.32 Å². The molecule has 0 saturated carbocycles. The molecule has 23 heavy (non-hydrogen) atoms. The first-order chi connectivity index (χ1) is 11.2. The summed E-state index contributed by atoms with van der Waals surface area (Å²) in [6, 6.07) is 5.40. The predicted octanol–water partition coefficient (Wildman–Crippen LogP) is 4.05. The number of fused-ring (bicyclic) bond motifs is 1. The Morgan fingerprint density at radius 1 is 1.09 bits per heavy atom. The fraction of sp³-hybridized carbons (Fsp3) is 0.579. The van der Waals surface area contributed by atoms with Gasteiger partial charge in [0.05, 0.1) is 6.42 Å². The molecule has 2 rings (SSSR count). The zero-order valence-electron chi connectivity index (χ0n) is 14.1. The molecule has 0 fully saturated rings. The molecule has 0 saturated heterocycles. The van der Waals surface area contributed by atoms with Crippen molar-refractivity contribution >= 4 is 17.5 Å². The van der Waals surface area contributed by atoms with E-state index >= 15 is 0 Å². The molecule has 1 aliphatic heterocycles. The number of nitrogens with one attached hydrogen (secondary N) is 2. The van der Waals surface area contributed by atoms with E-state index in [1.165, 1.54) is 44.9 Å². The molecule has 4 heteroatoms. The monoisotopic (exact) mass is 316 g/mol. The summed E-state index contributed by atoms with van der Waals surface area (Å²) in [4.78, 5) is 23.4. The van der Waals surface area contributed by atoms with Crippen LogP contribution in [0.4, 0.5) is 5.69 Å². The Balaban J connectivity index is 1.60. The van der Waals surface area contributed by atoms with E-state index in [1.807, 2.05) is 12.1 Å². The second-order valence-corrected chi connectivity index (χ2v) is 6.33. The van der Waals surface area contributed by atoms with Crippen LogP contribution in [0, 0.1) is 0 Å². The Hall–Kier alpha value is -1.84. The second kappa shape index (κ2) is 9.33. The van der Waals surface area contributed by atoms with Crippen molar-refractivity contribution in [2.24, 2.45) is 0 Å². The van der Waals surface area contributed by atoms with E-state index in [2.05, 4.69) is 17.6 Å². The molecule has 1 aliphatic rings. The van der Waals surface area contributed by atoms with E-state index in [-0.39, 0.29) is 11.8 Å². The molecule has 0 aromatic heterocycles. The maximum atomic E-state index is 12.1. The van der Waals surface area contributed by atoms with Crippen LogP contribution in [0.1, 0.15) is 74.2 Å². The van der Waals surface area contributed by atoms with Gasteiger partial charge in [0.15, 0.2) is 0 Å². The van der Waals surface area contributed by atoms with Crippen molar-refractivity contribution in [3.8, 4) is 0 Å². The quantitative estimate of drug-likeness (QED) is 0.640. The fourth-order valence-corrected chi connectivity index (χ4v) is 2.93. The van der Waals surface area contributed by atoms with Crippen molar-refractivity contribution < 1.29 is 9.59 Å². The molecule has 1 aromatic rings. The van der Waals surface area contributed by atoms with Crippen LogP contribution in [-0.4, -0.2) is 18.4 Å². The molecule has 1 heterocycles. The summed E-state index contributed by atoms with van der Waals surface area (Å²) in [5.74, 6) is -0.0495. The third-order valence-corrected chi connectivity index (χ3v) is 4.31. The van der Waals surface area contributed by atoms with E-state index in [9.17, 15) is 9.59 Å². The van der Waals surface area contributed by atoms with Crippen molar-refractivity contribution in [2.45, 2.75) is 64.7 Å². The average Bonchev–Trinajstić information content (AvgIpc) is 2.92. The van der Waals surface area contributed by atoms with Gasteiger partial charge in [-0.1, -0.05) is 51.9 Å². The highest BCUT2D eigenvalue weighted by Gasteiger charge is 2.18. The normalized spacial score (nSPS) is 12.8. The van der Waals surface area contributed by atoms with Crippen LogP contribution in [0.25, 0.3) is 0 Å². The molecular formula is C19H28N2O2. The molecule has 126 valence electrons. The first-order valence-corrected chi connectivity index (χ1v) is 8.91. The van der Waals surface area contributed by atoms with Gasteiger partial charge in [0.25, 0.3) is 5.91 Å². The highest BCUT2D eigenvalue weighted by molar-refractivity contribution is 6.01. The third-order valence-electron chi connectivity index (χ3n) is 4.31. The summed E-state index contributed by atoms with van der Waals surface area (Å²) in [6.45, 7) is 2.96. The molecule has 0 aliphatic carbocycles. The van der Waals surface area contributed by atoms with Gasteiger partial charge >= 0.3 is 0 Å². The molecule has 0 spiro atoms. The largest absolute Gasteiger partial charge is 0.352 e. The van der Waals surface area contributed by atoms with E-state index in [4.69, 9.17) is 0 Å². The topological polar surface area (TPSA) is 58.2 Å². The Labute approximate surface area is 139 Å². The Kier molecular flexibility index (Phi) is 7.11. The van der Waals surface area contributed by atoms with Crippen LogP contribution in [0.2, 0.25) is 0 Å². The number of rotatable bonds is 10. The van der Waals surface area contributed by atoms with Crippen LogP contribution in [0.3, 0.4) is 0 Å². The minimum atomic E-state index is -0.0462. The van der Waals surface area contributed by atoms with Gasteiger partial charge in [-0.2, -0.15) is 0 Å². The van der Waals surface area contributed by atoms with Gasteiger partial charge in [0.1, 0.15) is 0 Å². The predicted molar refractivity (Wildman–Crippen MR) is 93.7 cm³/mol. The SMILES string of the molecule is CCCCCCCCCCNC(=O)c1ccc2c(c1)CC(=O)N2. The van der Waals surface area contributed by atoms with Gasteiger partial charge in [0.2, 0.25) is 5.91 Å². The summed E-state index contributed by atoms with van der Waals surface area (Å²) >= 11 is 0. The number of carbonyl (C=O) groups is 2. The molecule has 0 radical (unpaired) electrons. The molecule has 0 bridgehead atoms. The third kappa shape index (κ3) is 5.70. The van der Waals surface area contributed by atoms with Gasteiger partial charge in [-0.05, 0) is 30.2 Å². The van der Waals surface area contributed by atoms with Crippen molar-refractivity contribution in [3.63, 3.8) is 0 Å². The van der Waals surface area contributed by atoms with Gasteiger partial charge in [-0.25, -0.2) is 0 Å². The van der Waals surface area contributed by atoms with Crippen LogP contribution in [0.5, 0.6) is 0 Å². The summed E-state index contributed by atoms with van der Waals surface area (Å²) < 4.78 is 0. The number of carbonyl (C=O) groups excluding carboxylic acids is 2. The number of anilines is 1. The Morgan fingerprint density at radius 2 is 1.78 bits per heavy atom. The fourth-order valence-electron chi connectivity index (χ4n) is 2.93. The van der Waals surface area contributed by atoms with Crippen molar-refractivity contribution in [3.05, 3.63) is 29.3 Å². The van der Waals surface area contributed by atoms with Crippen molar-refractivity contribution in [2.75, 3.05) is 11.9 Å². The summed E-state index contributed by atoms with van der Waals surface area (Å²) in [5, 5.41) is 5.75. The first-order valence-electron chi connectivity index (χ1n) is 8.91. The van der Waals surface area contributed by atoms with Gasteiger partial charge < -0.3 is 10.6 Å². The smallest absolute Gasteiger partial charge is 0.251 e. The van der Waals surface area contributed by atoms with Gasteiger partial charge in [-0.3, -0.25) is 9.59 Å². The summed E-state index contributed by atoms with van der Waals surface area (Å²) in [6.07, 6.45) is 10.5. The summed E-state index contributed by atoms with van der Waals surface area (Å²) in [5.41, 5.74) is 2.38. The number of benzene rings is 1. The maximum Gasteiger partial charge on any atom is 0.251 e. The van der Waals surface area contributed by atoms with Crippen molar-refractivity contribution in [1.29, 1.82) is 0 Å². The van der Waals surface area contributed by atoms with E-state index in [1.54, 1.807) is 6.07 Å². The highest BCUT2D eigenvalue weighted by atomic mass is 16.2. The Bertz CT molecular complexity index is 540. The van der Waals surface area contributed by atoms with Crippen LogP contribution in [-0.2, 0) is 11.2 Å². The maximum absolute atomic E-state index is 12.1. The molecule has 2 N–H and O–H groups in total. The molecule has 2 amide bonds. The number of amides is 2. The van der Waals surface area contributed by atoms with E-state index < -0.39 is 0 Å². The van der Waals surface area contributed by atoms with E-state index in [0.717, 1.165) is 24.2 Å². The second-order valence-electron chi connectivity index (χ2n) is 6.33. The molecular weight excluding hydrogens is 288 g/mol. The number of unbranched alkanes of at least 4 members (excludes halogenated alkanes) is 7.